The average molecular weight is 415 g/mol. The van der Waals surface area contributed by atoms with Crippen molar-refractivity contribution < 1.29 is 19.1 Å². The van der Waals surface area contributed by atoms with Gasteiger partial charge < -0.3 is 25.1 Å². The molecule has 8 nitrogen and oxygen atoms in total. The average Bonchev–Trinajstić information content (AvgIpc) is 3.13. The Kier molecular flexibility index (Phi) is 4.68. The number of nitrogens with one attached hydrogen (secondary N) is 3. The number of carbonyl (C=O) groups is 2. The number of hydrogen-bond acceptors (Lipinski definition) is 6. The number of fused-ring (bicyclic) bond motifs is 3. The summed E-state index contributed by atoms with van der Waals surface area (Å²) in [5.74, 6) is 0.0464. The molecule has 0 aliphatic carbocycles. The van der Waals surface area contributed by atoms with Gasteiger partial charge in [0, 0.05) is 18.9 Å². The van der Waals surface area contributed by atoms with Gasteiger partial charge in [-0.1, -0.05) is 11.6 Å². The highest BCUT2D eigenvalue weighted by atomic mass is 35.5. The number of pyridine rings is 1. The van der Waals surface area contributed by atoms with E-state index in [-0.39, 0.29) is 23.3 Å². The maximum absolute atomic E-state index is 13.3. The number of ketones is 1. The molecule has 0 bridgehead atoms. The molecule has 150 valence electrons. The zero-order valence-corrected chi connectivity index (χ0v) is 16.8. The molecule has 9 heteroatoms. The molecule has 3 aromatic rings. The lowest BCUT2D eigenvalue weighted by atomic mass is 9.96. The van der Waals surface area contributed by atoms with Crippen LogP contribution in [0.25, 0.3) is 11.0 Å². The Bertz CT molecular complexity index is 1140. The Morgan fingerprint density at radius 1 is 1.28 bits per heavy atom. The van der Waals surface area contributed by atoms with Gasteiger partial charge in [0.05, 0.1) is 47.3 Å². The first kappa shape index (κ1) is 19.2. The van der Waals surface area contributed by atoms with Gasteiger partial charge in [-0.05, 0) is 25.1 Å². The molecule has 3 N–H and O–H groups in total. The van der Waals surface area contributed by atoms with E-state index in [4.69, 9.17) is 21.1 Å². The number of methoxy groups -OCH3 is 2. The maximum Gasteiger partial charge on any atom is 0.252 e. The predicted molar refractivity (Wildman–Crippen MR) is 110 cm³/mol. The van der Waals surface area contributed by atoms with Gasteiger partial charge in [0.2, 0.25) is 0 Å². The molecule has 3 heterocycles. The number of carbonyl (C=O) groups excluding carboxylic acids is 2. The molecule has 1 aromatic carbocycles. The standard InChI is InChI=1S/C20H19ClN4O4/c1-20(9-28-2)19(27)24-14-8-23-18-15(16(14)25-20)12(7-22-18)17(26)11-5-4-10(29-3)6-13(11)21/h4-8,25H,9H2,1-3H3,(H,22,23)(H,24,27)/t20-/m0/s1. The summed E-state index contributed by atoms with van der Waals surface area (Å²) in [6, 6.07) is 4.89. The zero-order valence-electron chi connectivity index (χ0n) is 16.1. The van der Waals surface area contributed by atoms with Gasteiger partial charge in [0.15, 0.2) is 5.78 Å². The van der Waals surface area contributed by atoms with E-state index in [0.717, 1.165) is 0 Å². The SMILES string of the molecule is COC[C@]1(C)Nc2c(cnc3[nH]cc(C(=O)c4ccc(OC)cc4Cl)c23)NC1=O. The number of benzene rings is 1. The zero-order chi connectivity index (χ0) is 20.8. The normalized spacial score (nSPS) is 18.1. The van der Waals surface area contributed by atoms with Crippen LogP contribution in [0.2, 0.25) is 5.02 Å². The summed E-state index contributed by atoms with van der Waals surface area (Å²) in [6.07, 6.45) is 3.13. The highest BCUT2D eigenvalue weighted by Crippen LogP contribution is 2.39. The van der Waals surface area contributed by atoms with Crippen LogP contribution in [-0.2, 0) is 9.53 Å². The Balaban J connectivity index is 1.85. The molecule has 1 amide bonds. The van der Waals surface area contributed by atoms with E-state index in [1.54, 1.807) is 37.5 Å². The molecule has 0 spiro atoms. The molecule has 2 aromatic heterocycles. The number of aromatic nitrogens is 2. The Labute approximate surface area is 171 Å². The first-order valence-corrected chi connectivity index (χ1v) is 9.22. The summed E-state index contributed by atoms with van der Waals surface area (Å²) in [7, 11) is 3.05. The van der Waals surface area contributed by atoms with Gasteiger partial charge in [-0.25, -0.2) is 4.98 Å². The van der Waals surface area contributed by atoms with Crippen molar-refractivity contribution in [2.45, 2.75) is 12.5 Å². The summed E-state index contributed by atoms with van der Waals surface area (Å²) in [5, 5.41) is 6.92. The first-order chi connectivity index (χ1) is 13.9. The number of H-pyrrole nitrogens is 1. The Hall–Kier alpha value is -3.10. The molecule has 0 saturated heterocycles. The van der Waals surface area contributed by atoms with Gasteiger partial charge >= 0.3 is 0 Å². The van der Waals surface area contributed by atoms with Crippen molar-refractivity contribution in [3.8, 4) is 5.75 Å². The summed E-state index contributed by atoms with van der Waals surface area (Å²) in [5.41, 5.74) is 1.34. The van der Waals surface area contributed by atoms with Crippen LogP contribution in [-0.4, -0.2) is 48.0 Å². The van der Waals surface area contributed by atoms with Crippen LogP contribution >= 0.6 is 11.6 Å². The minimum Gasteiger partial charge on any atom is -0.497 e. The highest BCUT2D eigenvalue weighted by molar-refractivity contribution is 6.36. The number of nitrogens with zero attached hydrogens (tertiary/aromatic N) is 1. The van der Waals surface area contributed by atoms with Gasteiger partial charge in [-0.15, -0.1) is 0 Å². The summed E-state index contributed by atoms with van der Waals surface area (Å²) < 4.78 is 10.4. The lowest BCUT2D eigenvalue weighted by Crippen LogP contribution is -2.53. The van der Waals surface area contributed by atoms with E-state index < -0.39 is 5.54 Å². The Morgan fingerprint density at radius 2 is 2.07 bits per heavy atom. The Morgan fingerprint density at radius 3 is 2.76 bits per heavy atom. The largest absolute Gasteiger partial charge is 0.497 e. The second-order valence-corrected chi connectivity index (χ2v) is 7.40. The number of rotatable bonds is 5. The number of halogens is 1. The molecular weight excluding hydrogens is 396 g/mol. The van der Waals surface area contributed by atoms with Gasteiger partial charge in [-0.3, -0.25) is 9.59 Å². The van der Waals surface area contributed by atoms with Crippen molar-refractivity contribution in [3.63, 3.8) is 0 Å². The minimum atomic E-state index is -0.995. The molecule has 0 radical (unpaired) electrons. The van der Waals surface area contributed by atoms with Crippen LogP contribution in [0.1, 0.15) is 22.8 Å². The molecular formula is C20H19ClN4O4. The number of hydrogen-bond donors (Lipinski definition) is 3. The fourth-order valence-corrected chi connectivity index (χ4v) is 3.69. The van der Waals surface area contributed by atoms with Crippen LogP contribution in [0.5, 0.6) is 5.75 Å². The number of amides is 1. The monoisotopic (exact) mass is 414 g/mol. The predicted octanol–water partition coefficient (Wildman–Crippen LogP) is 3.23. The van der Waals surface area contributed by atoms with Crippen LogP contribution in [0, 0.1) is 0 Å². The van der Waals surface area contributed by atoms with Crippen LogP contribution in [0.15, 0.2) is 30.6 Å². The molecule has 29 heavy (non-hydrogen) atoms. The maximum atomic E-state index is 13.3. The van der Waals surface area contributed by atoms with E-state index in [0.29, 0.717) is 39.3 Å². The number of anilines is 2. The lowest BCUT2D eigenvalue weighted by molar-refractivity contribution is -0.121. The summed E-state index contributed by atoms with van der Waals surface area (Å²) >= 11 is 6.30. The van der Waals surface area contributed by atoms with Gasteiger partial charge in [0.25, 0.3) is 5.91 Å². The molecule has 0 saturated carbocycles. The van der Waals surface area contributed by atoms with Crippen molar-refractivity contribution in [3.05, 3.63) is 46.7 Å². The fourth-order valence-electron chi connectivity index (χ4n) is 3.43. The molecule has 0 unspecified atom stereocenters. The number of ether oxygens (including phenoxy) is 2. The number of aromatic amines is 1. The second-order valence-electron chi connectivity index (χ2n) is 6.99. The van der Waals surface area contributed by atoms with Crippen LogP contribution < -0.4 is 15.4 Å². The third-order valence-electron chi connectivity index (χ3n) is 4.95. The van der Waals surface area contributed by atoms with Crippen molar-refractivity contribution in [1.29, 1.82) is 0 Å². The minimum absolute atomic E-state index is 0.153. The quantitative estimate of drug-likeness (QED) is 0.553. The van der Waals surface area contributed by atoms with E-state index >= 15 is 0 Å². The van der Waals surface area contributed by atoms with E-state index in [1.807, 2.05) is 0 Å². The van der Waals surface area contributed by atoms with E-state index in [2.05, 4.69) is 20.6 Å². The molecule has 1 aliphatic rings. The van der Waals surface area contributed by atoms with Crippen LogP contribution in [0.3, 0.4) is 0 Å². The van der Waals surface area contributed by atoms with E-state index in [9.17, 15) is 9.59 Å². The third kappa shape index (κ3) is 3.10. The van der Waals surface area contributed by atoms with Crippen molar-refractivity contribution in [1.82, 2.24) is 9.97 Å². The fraction of sp³-hybridized carbons (Fsp3) is 0.250. The molecule has 4 rings (SSSR count). The van der Waals surface area contributed by atoms with Gasteiger partial charge in [0.1, 0.15) is 16.9 Å². The van der Waals surface area contributed by atoms with Crippen molar-refractivity contribution >= 4 is 45.7 Å². The molecule has 0 fully saturated rings. The third-order valence-corrected chi connectivity index (χ3v) is 5.26. The lowest BCUT2D eigenvalue weighted by Gasteiger charge is -2.35. The van der Waals surface area contributed by atoms with Crippen LogP contribution in [0.4, 0.5) is 11.4 Å². The van der Waals surface area contributed by atoms with Crippen molar-refractivity contribution in [2.75, 3.05) is 31.5 Å². The highest BCUT2D eigenvalue weighted by Gasteiger charge is 2.39. The second kappa shape index (κ2) is 7.06. The summed E-state index contributed by atoms with van der Waals surface area (Å²) in [6.45, 7) is 1.88. The molecule has 1 aliphatic heterocycles. The molecule has 1 atom stereocenters. The first-order valence-electron chi connectivity index (χ1n) is 8.85. The smallest absolute Gasteiger partial charge is 0.252 e. The summed E-state index contributed by atoms with van der Waals surface area (Å²) in [4.78, 5) is 33.1. The van der Waals surface area contributed by atoms with Gasteiger partial charge in [-0.2, -0.15) is 0 Å². The topological polar surface area (TPSA) is 105 Å². The van der Waals surface area contributed by atoms with Crippen molar-refractivity contribution in [2.24, 2.45) is 0 Å². The van der Waals surface area contributed by atoms with E-state index in [1.165, 1.54) is 14.2 Å².